The minimum atomic E-state index is 0.119. The van der Waals surface area contributed by atoms with Crippen LogP contribution in [0.2, 0.25) is 0 Å². The predicted molar refractivity (Wildman–Crippen MR) is 61.3 cm³/mol. The average Bonchev–Trinajstić information content (AvgIpc) is 2.87. The first-order chi connectivity index (χ1) is 7.75. The van der Waals surface area contributed by atoms with E-state index in [4.69, 9.17) is 0 Å². The second-order valence-corrected chi connectivity index (χ2v) is 3.85. The van der Waals surface area contributed by atoms with Gasteiger partial charge in [0.25, 0.3) is 0 Å². The van der Waals surface area contributed by atoms with Gasteiger partial charge in [-0.2, -0.15) is 0 Å². The zero-order chi connectivity index (χ0) is 11.4. The van der Waals surface area contributed by atoms with Gasteiger partial charge in [-0.05, 0) is 19.4 Å². The molecule has 0 fully saturated rings. The van der Waals surface area contributed by atoms with E-state index in [1.807, 2.05) is 35.6 Å². The van der Waals surface area contributed by atoms with Crippen molar-refractivity contribution in [3.05, 3.63) is 42.7 Å². The Labute approximate surface area is 94.5 Å². The Morgan fingerprint density at radius 2 is 2.12 bits per heavy atom. The van der Waals surface area contributed by atoms with E-state index in [1.54, 1.807) is 13.1 Å². The minimum absolute atomic E-state index is 0.119. The maximum absolute atomic E-state index is 11.1. The molecule has 4 heteroatoms. The van der Waals surface area contributed by atoms with Crippen molar-refractivity contribution in [1.29, 1.82) is 0 Å². The first-order valence-corrected chi connectivity index (χ1v) is 5.38. The van der Waals surface area contributed by atoms with Crippen LogP contribution in [0.3, 0.4) is 0 Å². The van der Waals surface area contributed by atoms with Crippen molar-refractivity contribution in [2.45, 2.75) is 26.4 Å². The lowest BCUT2D eigenvalue weighted by Gasteiger charge is -2.03. The van der Waals surface area contributed by atoms with Crippen LogP contribution in [0.25, 0.3) is 0 Å². The van der Waals surface area contributed by atoms with E-state index in [1.165, 1.54) is 0 Å². The van der Waals surface area contributed by atoms with Crippen LogP contribution >= 0.6 is 0 Å². The maximum Gasteiger partial charge on any atom is 0.161 e. The molecule has 0 aliphatic heterocycles. The van der Waals surface area contributed by atoms with Gasteiger partial charge < -0.3 is 9.13 Å². The number of ketones is 1. The van der Waals surface area contributed by atoms with E-state index in [2.05, 4.69) is 9.55 Å². The Hall–Kier alpha value is -1.84. The number of carbonyl (C=O) groups is 1. The summed E-state index contributed by atoms with van der Waals surface area (Å²) in [4.78, 5) is 15.1. The van der Waals surface area contributed by atoms with E-state index >= 15 is 0 Å². The molecule has 2 aromatic rings. The Morgan fingerprint density at radius 1 is 1.31 bits per heavy atom. The number of nitrogens with zero attached hydrogens (tertiary/aromatic N) is 3. The van der Waals surface area contributed by atoms with Crippen molar-refractivity contribution in [3.63, 3.8) is 0 Å². The molecule has 0 radical (unpaired) electrons. The third kappa shape index (κ3) is 2.59. The summed E-state index contributed by atoms with van der Waals surface area (Å²) in [5, 5.41) is 0. The number of Topliss-reactive ketones (excluding diaryl/α,β-unsaturated/α-hetero) is 1. The fraction of sp³-hybridized carbons (Fsp3) is 0.333. The number of imidazole rings is 1. The fourth-order valence-corrected chi connectivity index (χ4v) is 1.64. The lowest BCUT2D eigenvalue weighted by molar-refractivity contribution is 0.101. The van der Waals surface area contributed by atoms with Crippen LogP contribution in [0, 0.1) is 0 Å². The van der Waals surface area contributed by atoms with Gasteiger partial charge in [-0.15, -0.1) is 0 Å². The predicted octanol–water partition coefficient (Wildman–Crippen LogP) is 1.98. The van der Waals surface area contributed by atoms with Crippen LogP contribution < -0.4 is 0 Å². The van der Waals surface area contributed by atoms with Crippen molar-refractivity contribution in [3.8, 4) is 0 Å². The molecule has 0 saturated carbocycles. The Kier molecular flexibility index (Phi) is 3.19. The lowest BCUT2D eigenvalue weighted by atomic mass is 10.2. The summed E-state index contributed by atoms with van der Waals surface area (Å²) in [5.74, 6) is 0.119. The fourth-order valence-electron chi connectivity index (χ4n) is 1.64. The van der Waals surface area contributed by atoms with Gasteiger partial charge in [0, 0.05) is 43.4 Å². The number of rotatable bonds is 5. The molecule has 0 aliphatic carbocycles. The first kappa shape index (κ1) is 10.7. The van der Waals surface area contributed by atoms with Crippen molar-refractivity contribution in [2.75, 3.05) is 0 Å². The summed E-state index contributed by atoms with van der Waals surface area (Å²) >= 11 is 0. The lowest BCUT2D eigenvalue weighted by Crippen LogP contribution is -2.01. The summed E-state index contributed by atoms with van der Waals surface area (Å²) in [6.45, 7) is 3.46. The van der Waals surface area contributed by atoms with Crippen LogP contribution in [0.15, 0.2) is 37.2 Å². The van der Waals surface area contributed by atoms with Crippen molar-refractivity contribution >= 4 is 5.78 Å². The van der Waals surface area contributed by atoms with Crippen LogP contribution in [-0.4, -0.2) is 19.9 Å². The molecule has 2 heterocycles. The largest absolute Gasteiger partial charge is 0.353 e. The van der Waals surface area contributed by atoms with E-state index in [9.17, 15) is 4.79 Å². The molecule has 2 aromatic heterocycles. The molecule has 0 amide bonds. The summed E-state index contributed by atoms with van der Waals surface area (Å²) in [7, 11) is 0. The average molecular weight is 217 g/mol. The first-order valence-electron chi connectivity index (χ1n) is 5.38. The highest BCUT2D eigenvalue weighted by Crippen LogP contribution is 2.03. The van der Waals surface area contributed by atoms with Gasteiger partial charge in [0.05, 0.1) is 6.33 Å². The number of carbonyl (C=O) groups excluding carboxylic acids is 1. The van der Waals surface area contributed by atoms with E-state index in [-0.39, 0.29) is 5.78 Å². The van der Waals surface area contributed by atoms with Crippen molar-refractivity contribution < 1.29 is 4.79 Å². The van der Waals surface area contributed by atoms with Crippen molar-refractivity contribution in [1.82, 2.24) is 14.1 Å². The third-order valence-electron chi connectivity index (χ3n) is 2.55. The molecule has 0 aliphatic rings. The zero-order valence-electron chi connectivity index (χ0n) is 9.34. The number of aromatic nitrogens is 3. The zero-order valence-corrected chi connectivity index (χ0v) is 9.34. The summed E-state index contributed by atoms with van der Waals surface area (Å²) < 4.78 is 4.10. The van der Waals surface area contributed by atoms with Crippen LogP contribution in [0.4, 0.5) is 0 Å². The Morgan fingerprint density at radius 3 is 2.75 bits per heavy atom. The molecular formula is C12H15N3O. The Bertz CT molecular complexity index is 456. The Balaban J connectivity index is 1.83. The molecular weight excluding hydrogens is 202 g/mol. The van der Waals surface area contributed by atoms with Gasteiger partial charge in [-0.25, -0.2) is 4.98 Å². The second-order valence-electron chi connectivity index (χ2n) is 3.85. The minimum Gasteiger partial charge on any atom is -0.353 e. The summed E-state index contributed by atoms with van der Waals surface area (Å²) in [6, 6.07) is 1.86. The van der Waals surface area contributed by atoms with Gasteiger partial charge in [0.2, 0.25) is 0 Å². The molecule has 0 spiro atoms. The third-order valence-corrected chi connectivity index (χ3v) is 2.55. The van der Waals surface area contributed by atoms with Gasteiger partial charge in [-0.1, -0.05) is 0 Å². The molecule has 0 bridgehead atoms. The maximum atomic E-state index is 11.1. The number of hydrogen-bond acceptors (Lipinski definition) is 2. The summed E-state index contributed by atoms with van der Waals surface area (Å²) in [6.07, 6.45) is 10.4. The van der Waals surface area contributed by atoms with Gasteiger partial charge in [0.15, 0.2) is 5.78 Å². The molecule has 0 N–H and O–H groups in total. The van der Waals surface area contributed by atoms with Gasteiger partial charge >= 0.3 is 0 Å². The number of hydrogen-bond donors (Lipinski definition) is 0. The number of aryl methyl sites for hydroxylation is 2. The molecule has 0 atom stereocenters. The second kappa shape index (κ2) is 4.79. The molecule has 0 saturated heterocycles. The summed E-state index contributed by atoms with van der Waals surface area (Å²) in [5.41, 5.74) is 0.780. The van der Waals surface area contributed by atoms with E-state index in [0.717, 1.165) is 25.1 Å². The van der Waals surface area contributed by atoms with Gasteiger partial charge in [-0.3, -0.25) is 4.79 Å². The molecule has 0 unspecified atom stereocenters. The smallest absolute Gasteiger partial charge is 0.161 e. The van der Waals surface area contributed by atoms with Crippen LogP contribution in [0.5, 0.6) is 0 Å². The molecule has 0 aromatic carbocycles. The normalized spacial score (nSPS) is 10.6. The van der Waals surface area contributed by atoms with E-state index < -0.39 is 0 Å². The molecule has 16 heavy (non-hydrogen) atoms. The van der Waals surface area contributed by atoms with Gasteiger partial charge in [0.1, 0.15) is 0 Å². The van der Waals surface area contributed by atoms with Crippen LogP contribution in [0.1, 0.15) is 23.7 Å². The molecule has 2 rings (SSSR count). The standard InChI is InChI=1S/C12H15N3O/c1-11(16)12-3-7-14(9-12)5-2-6-15-8-4-13-10-15/h3-4,7-10H,2,5-6H2,1H3. The molecule has 4 nitrogen and oxygen atoms in total. The molecule has 84 valence electrons. The highest BCUT2D eigenvalue weighted by molar-refractivity contribution is 5.93. The van der Waals surface area contributed by atoms with Crippen molar-refractivity contribution in [2.24, 2.45) is 0 Å². The quantitative estimate of drug-likeness (QED) is 0.718. The van der Waals surface area contributed by atoms with E-state index in [0.29, 0.717) is 0 Å². The monoisotopic (exact) mass is 217 g/mol. The highest BCUT2D eigenvalue weighted by atomic mass is 16.1. The highest BCUT2D eigenvalue weighted by Gasteiger charge is 2.00. The van der Waals surface area contributed by atoms with Crippen LogP contribution in [-0.2, 0) is 13.1 Å². The SMILES string of the molecule is CC(=O)c1ccn(CCCn2ccnc2)c1. The topological polar surface area (TPSA) is 39.8 Å².